The van der Waals surface area contributed by atoms with Crippen molar-refractivity contribution in [3.63, 3.8) is 0 Å². The van der Waals surface area contributed by atoms with E-state index < -0.39 is 6.10 Å². The molecule has 74 valence electrons. The molecule has 13 heavy (non-hydrogen) atoms. The summed E-state index contributed by atoms with van der Waals surface area (Å²) in [4.78, 5) is 1.00. The quantitative estimate of drug-likeness (QED) is 0.876. The molecule has 0 aliphatic carbocycles. The van der Waals surface area contributed by atoms with Gasteiger partial charge in [-0.3, -0.25) is 0 Å². The third-order valence-corrected chi connectivity index (χ3v) is 3.58. The van der Waals surface area contributed by atoms with Crippen LogP contribution in [0.4, 0.5) is 0 Å². The summed E-state index contributed by atoms with van der Waals surface area (Å²) < 4.78 is 1.06. The van der Waals surface area contributed by atoms with Crippen molar-refractivity contribution in [2.75, 3.05) is 6.54 Å². The zero-order chi connectivity index (χ0) is 9.84. The first-order valence-electron chi connectivity index (χ1n) is 4.31. The van der Waals surface area contributed by atoms with Crippen LogP contribution in [0.25, 0.3) is 0 Å². The molecule has 1 aromatic heterocycles. The van der Waals surface area contributed by atoms with Crippen LogP contribution in [-0.4, -0.2) is 17.7 Å². The second-order valence-electron chi connectivity index (χ2n) is 2.93. The smallest absolute Gasteiger partial charge is 0.103 e. The van der Waals surface area contributed by atoms with Crippen LogP contribution >= 0.6 is 27.3 Å². The molecule has 0 saturated carbocycles. The van der Waals surface area contributed by atoms with E-state index in [0.29, 0.717) is 0 Å². The van der Waals surface area contributed by atoms with Crippen LogP contribution in [0.5, 0.6) is 0 Å². The molecule has 1 rings (SSSR count). The molecule has 0 saturated heterocycles. The van der Waals surface area contributed by atoms with Gasteiger partial charge in [-0.05, 0) is 41.5 Å². The molecule has 0 fully saturated rings. The van der Waals surface area contributed by atoms with E-state index in [-0.39, 0.29) is 6.04 Å². The van der Waals surface area contributed by atoms with Gasteiger partial charge in [0.25, 0.3) is 0 Å². The van der Waals surface area contributed by atoms with Crippen LogP contribution in [-0.2, 0) is 0 Å². The molecule has 4 heteroatoms. The number of aliphatic hydroxyl groups excluding tert-OH is 1. The van der Waals surface area contributed by atoms with Crippen molar-refractivity contribution in [1.29, 1.82) is 0 Å². The second-order valence-corrected chi connectivity index (χ2v) is 5.43. The Balaban J connectivity index is 2.61. The minimum absolute atomic E-state index is 0.107. The maximum atomic E-state index is 9.86. The highest BCUT2D eigenvalue weighted by Crippen LogP contribution is 2.28. The van der Waals surface area contributed by atoms with Crippen LogP contribution < -0.4 is 5.32 Å². The standard InChI is InChI=1S/C9H14BrNOS/c1-3-11-6(2)9(12)7-4-5-8(10)13-7/h4-6,9,11-12H,3H2,1-2H3. The zero-order valence-corrected chi connectivity index (χ0v) is 10.2. The number of hydrogen-bond acceptors (Lipinski definition) is 3. The van der Waals surface area contributed by atoms with Gasteiger partial charge in [0.2, 0.25) is 0 Å². The summed E-state index contributed by atoms with van der Waals surface area (Å²) in [6, 6.07) is 4.02. The van der Waals surface area contributed by atoms with Gasteiger partial charge in [-0.25, -0.2) is 0 Å². The van der Waals surface area contributed by atoms with Crippen LogP contribution in [0.15, 0.2) is 15.9 Å². The molecule has 0 spiro atoms. The highest BCUT2D eigenvalue weighted by molar-refractivity contribution is 9.11. The van der Waals surface area contributed by atoms with E-state index in [1.54, 1.807) is 11.3 Å². The Hall–Kier alpha value is 0.1000. The lowest BCUT2D eigenvalue weighted by atomic mass is 10.1. The molecule has 0 aromatic carbocycles. The van der Waals surface area contributed by atoms with Crippen LogP contribution in [0.1, 0.15) is 24.8 Å². The fourth-order valence-corrected chi connectivity index (χ4v) is 2.68. The van der Waals surface area contributed by atoms with E-state index in [0.717, 1.165) is 15.2 Å². The lowest BCUT2D eigenvalue weighted by Gasteiger charge is -2.17. The van der Waals surface area contributed by atoms with Crippen molar-refractivity contribution in [1.82, 2.24) is 5.32 Å². The van der Waals surface area contributed by atoms with E-state index >= 15 is 0 Å². The summed E-state index contributed by atoms with van der Waals surface area (Å²) >= 11 is 4.95. The van der Waals surface area contributed by atoms with E-state index in [4.69, 9.17) is 0 Å². The average Bonchev–Trinajstić information content (AvgIpc) is 2.51. The van der Waals surface area contributed by atoms with E-state index in [1.165, 1.54) is 0 Å². The summed E-state index contributed by atoms with van der Waals surface area (Å²) in [6.07, 6.45) is -0.406. The van der Waals surface area contributed by atoms with Gasteiger partial charge in [-0.15, -0.1) is 11.3 Å². The van der Waals surface area contributed by atoms with Crippen molar-refractivity contribution >= 4 is 27.3 Å². The third-order valence-electron chi connectivity index (χ3n) is 1.89. The molecule has 0 aliphatic rings. The normalized spacial score (nSPS) is 15.7. The molecule has 0 amide bonds. The molecule has 0 radical (unpaired) electrons. The van der Waals surface area contributed by atoms with Gasteiger partial charge in [0.15, 0.2) is 0 Å². The highest BCUT2D eigenvalue weighted by Gasteiger charge is 2.16. The first kappa shape index (κ1) is 11.2. The molecular formula is C9H14BrNOS. The van der Waals surface area contributed by atoms with Gasteiger partial charge in [0.05, 0.1) is 3.79 Å². The summed E-state index contributed by atoms with van der Waals surface area (Å²) in [5.74, 6) is 0. The molecule has 2 N–H and O–H groups in total. The number of aliphatic hydroxyl groups is 1. The fraction of sp³-hybridized carbons (Fsp3) is 0.556. The van der Waals surface area contributed by atoms with Crippen LogP contribution in [0.2, 0.25) is 0 Å². The summed E-state index contributed by atoms with van der Waals surface area (Å²) in [5.41, 5.74) is 0. The van der Waals surface area contributed by atoms with Crippen molar-refractivity contribution in [2.45, 2.75) is 26.0 Å². The SMILES string of the molecule is CCNC(C)C(O)c1ccc(Br)s1. The minimum atomic E-state index is -0.406. The number of likely N-dealkylation sites (N-methyl/N-ethyl adjacent to an activating group) is 1. The third kappa shape index (κ3) is 3.06. The summed E-state index contributed by atoms with van der Waals surface area (Å²) in [7, 11) is 0. The second kappa shape index (κ2) is 5.10. The molecule has 0 aliphatic heterocycles. The minimum Gasteiger partial charge on any atom is -0.386 e. The van der Waals surface area contributed by atoms with E-state index in [2.05, 4.69) is 21.2 Å². The van der Waals surface area contributed by atoms with Crippen molar-refractivity contribution < 1.29 is 5.11 Å². The number of halogens is 1. The van der Waals surface area contributed by atoms with Crippen LogP contribution in [0, 0.1) is 0 Å². The Morgan fingerprint density at radius 2 is 2.31 bits per heavy atom. The first-order valence-corrected chi connectivity index (χ1v) is 5.92. The lowest BCUT2D eigenvalue weighted by molar-refractivity contribution is 0.140. The predicted molar refractivity (Wildman–Crippen MR) is 60.1 cm³/mol. The van der Waals surface area contributed by atoms with Gasteiger partial charge >= 0.3 is 0 Å². The Bertz CT molecular complexity index is 264. The Kier molecular flexibility index (Phi) is 4.38. The lowest BCUT2D eigenvalue weighted by Crippen LogP contribution is -2.31. The summed E-state index contributed by atoms with van der Waals surface area (Å²) in [6.45, 7) is 4.90. The van der Waals surface area contributed by atoms with Gasteiger partial charge in [-0.2, -0.15) is 0 Å². The molecular weight excluding hydrogens is 250 g/mol. The Morgan fingerprint density at radius 1 is 1.62 bits per heavy atom. The molecule has 1 heterocycles. The Labute approximate surface area is 91.1 Å². The fourth-order valence-electron chi connectivity index (χ4n) is 1.17. The van der Waals surface area contributed by atoms with Crippen molar-refractivity contribution in [3.8, 4) is 0 Å². The molecule has 0 bridgehead atoms. The highest BCUT2D eigenvalue weighted by atomic mass is 79.9. The number of rotatable bonds is 4. The van der Waals surface area contributed by atoms with Crippen molar-refractivity contribution in [3.05, 3.63) is 20.8 Å². The molecule has 2 atom stereocenters. The van der Waals surface area contributed by atoms with Crippen LogP contribution in [0.3, 0.4) is 0 Å². The zero-order valence-electron chi connectivity index (χ0n) is 7.75. The van der Waals surface area contributed by atoms with Gasteiger partial charge < -0.3 is 10.4 Å². The van der Waals surface area contributed by atoms with E-state index in [9.17, 15) is 5.11 Å². The summed E-state index contributed by atoms with van der Waals surface area (Å²) in [5, 5.41) is 13.1. The maximum absolute atomic E-state index is 9.86. The van der Waals surface area contributed by atoms with Crippen molar-refractivity contribution in [2.24, 2.45) is 0 Å². The van der Waals surface area contributed by atoms with Gasteiger partial charge in [0, 0.05) is 10.9 Å². The number of thiophene rings is 1. The number of hydrogen-bond donors (Lipinski definition) is 2. The number of nitrogens with one attached hydrogen (secondary N) is 1. The largest absolute Gasteiger partial charge is 0.386 e. The predicted octanol–water partition coefficient (Wildman–Crippen LogP) is 2.54. The maximum Gasteiger partial charge on any atom is 0.103 e. The molecule has 2 nitrogen and oxygen atoms in total. The molecule has 2 unspecified atom stereocenters. The first-order chi connectivity index (χ1) is 6.15. The van der Waals surface area contributed by atoms with Gasteiger partial charge in [-0.1, -0.05) is 6.92 Å². The monoisotopic (exact) mass is 263 g/mol. The average molecular weight is 264 g/mol. The Morgan fingerprint density at radius 3 is 2.77 bits per heavy atom. The topological polar surface area (TPSA) is 32.3 Å². The van der Waals surface area contributed by atoms with E-state index in [1.807, 2.05) is 26.0 Å². The molecule has 1 aromatic rings. The van der Waals surface area contributed by atoms with Gasteiger partial charge in [0.1, 0.15) is 6.10 Å².